The zero-order valence-electron chi connectivity index (χ0n) is 13.4. The van der Waals surface area contributed by atoms with Crippen molar-refractivity contribution in [2.45, 2.75) is 24.3 Å². The fourth-order valence-electron chi connectivity index (χ4n) is 2.36. The normalized spacial score (nSPS) is 11.2. The van der Waals surface area contributed by atoms with Gasteiger partial charge in [-0.2, -0.15) is 0 Å². The number of hydrogen-bond acceptors (Lipinski definition) is 4. The molecule has 0 unspecified atom stereocenters. The Balaban J connectivity index is 2.02. The molecule has 128 valence electrons. The molecule has 0 aliphatic heterocycles. The Morgan fingerprint density at radius 1 is 0.958 bits per heavy atom. The molecule has 2 aromatic carbocycles. The lowest BCUT2D eigenvalue weighted by molar-refractivity contribution is -0.116. The third-order valence-corrected chi connectivity index (χ3v) is 4.98. The van der Waals surface area contributed by atoms with Gasteiger partial charge < -0.3 is 11.1 Å². The number of hydrogen-bond donors (Lipinski definition) is 2. The number of nitrogens with two attached hydrogens (primary N) is 1. The minimum absolute atomic E-state index is 0.000919. The summed E-state index contributed by atoms with van der Waals surface area (Å²) in [5.74, 6) is -0.181. The van der Waals surface area contributed by atoms with Crippen molar-refractivity contribution in [3.05, 3.63) is 65.7 Å². The van der Waals surface area contributed by atoms with Gasteiger partial charge in [-0.1, -0.05) is 42.5 Å². The molecule has 0 aromatic heterocycles. The lowest BCUT2D eigenvalue weighted by Gasteiger charge is -2.08. The van der Waals surface area contributed by atoms with Gasteiger partial charge in [-0.15, -0.1) is 0 Å². The van der Waals surface area contributed by atoms with Crippen LogP contribution in [0, 0.1) is 0 Å². The zero-order valence-corrected chi connectivity index (χ0v) is 14.3. The predicted octanol–water partition coefficient (Wildman–Crippen LogP) is 2.48. The topological polar surface area (TPSA) is 89.3 Å². The van der Waals surface area contributed by atoms with Gasteiger partial charge >= 0.3 is 0 Å². The molecule has 2 aromatic rings. The van der Waals surface area contributed by atoms with E-state index in [-0.39, 0.29) is 17.4 Å². The third kappa shape index (κ3) is 6.14. The minimum atomic E-state index is -3.28. The van der Waals surface area contributed by atoms with E-state index in [0.717, 1.165) is 5.56 Å². The number of anilines is 1. The van der Waals surface area contributed by atoms with E-state index in [1.54, 1.807) is 36.4 Å². The smallest absolute Gasteiger partial charge is 0.224 e. The van der Waals surface area contributed by atoms with E-state index in [0.29, 0.717) is 30.6 Å². The highest BCUT2D eigenvalue weighted by Crippen LogP contribution is 2.16. The van der Waals surface area contributed by atoms with Crippen LogP contribution in [0.15, 0.2) is 54.6 Å². The van der Waals surface area contributed by atoms with Crippen LogP contribution >= 0.6 is 0 Å². The Bertz CT molecular complexity index is 774. The second kappa shape index (κ2) is 8.61. The first-order chi connectivity index (χ1) is 11.5. The van der Waals surface area contributed by atoms with Gasteiger partial charge in [-0.3, -0.25) is 4.79 Å². The summed E-state index contributed by atoms with van der Waals surface area (Å²) in [6, 6.07) is 16.0. The van der Waals surface area contributed by atoms with Crippen LogP contribution in [0.3, 0.4) is 0 Å². The van der Waals surface area contributed by atoms with Crippen LogP contribution in [-0.4, -0.2) is 20.9 Å². The number of amides is 1. The highest BCUT2D eigenvalue weighted by molar-refractivity contribution is 7.89. The summed E-state index contributed by atoms with van der Waals surface area (Å²) in [5.41, 5.74) is 7.40. The summed E-state index contributed by atoms with van der Waals surface area (Å²) in [6.07, 6.45) is 0.976. The molecule has 0 aliphatic rings. The molecule has 0 spiro atoms. The number of rotatable bonds is 8. The molecule has 0 aliphatic carbocycles. The number of carbonyl (C=O) groups excluding carboxylic acids is 1. The molecule has 0 bridgehead atoms. The first-order valence-electron chi connectivity index (χ1n) is 7.82. The van der Waals surface area contributed by atoms with E-state index in [1.807, 2.05) is 18.2 Å². The number of benzene rings is 2. The first kappa shape index (κ1) is 18.2. The average Bonchev–Trinajstić information content (AvgIpc) is 2.53. The lowest BCUT2D eigenvalue weighted by atomic mass is 10.2. The van der Waals surface area contributed by atoms with Crippen LogP contribution in [0.1, 0.15) is 24.0 Å². The largest absolute Gasteiger partial charge is 0.330 e. The van der Waals surface area contributed by atoms with Crippen LogP contribution in [0.25, 0.3) is 0 Å². The third-order valence-electron chi connectivity index (χ3n) is 3.43. The summed E-state index contributed by atoms with van der Waals surface area (Å²) in [4.78, 5) is 11.7. The van der Waals surface area contributed by atoms with Crippen molar-refractivity contribution in [2.75, 3.05) is 11.9 Å². The molecule has 6 heteroatoms. The van der Waals surface area contributed by atoms with Gasteiger partial charge in [0.15, 0.2) is 9.84 Å². The maximum Gasteiger partial charge on any atom is 0.224 e. The van der Waals surface area contributed by atoms with Crippen LogP contribution in [0.2, 0.25) is 0 Å². The standard InChI is InChI=1S/C18H22N2O3S/c19-11-5-10-18(21)20-17-9-4-8-16(12-17)14-24(22,23)13-15-6-2-1-3-7-15/h1-4,6-9,12H,5,10-11,13-14,19H2,(H,20,21). The van der Waals surface area contributed by atoms with Crippen molar-refractivity contribution in [1.82, 2.24) is 0 Å². The molecular weight excluding hydrogens is 324 g/mol. The van der Waals surface area contributed by atoms with Crippen molar-refractivity contribution in [1.29, 1.82) is 0 Å². The van der Waals surface area contributed by atoms with E-state index in [9.17, 15) is 13.2 Å². The molecule has 2 rings (SSSR count). The van der Waals surface area contributed by atoms with Gasteiger partial charge in [-0.25, -0.2) is 8.42 Å². The summed E-state index contributed by atoms with van der Waals surface area (Å²) in [7, 11) is -3.28. The second-order valence-corrected chi connectivity index (χ2v) is 7.72. The SMILES string of the molecule is NCCCC(=O)Nc1cccc(CS(=O)(=O)Cc2ccccc2)c1. The van der Waals surface area contributed by atoms with Gasteiger partial charge in [0.1, 0.15) is 0 Å². The molecule has 0 heterocycles. The average molecular weight is 346 g/mol. The van der Waals surface area contributed by atoms with Gasteiger partial charge in [0.25, 0.3) is 0 Å². The van der Waals surface area contributed by atoms with Crippen molar-refractivity contribution in [3.8, 4) is 0 Å². The highest BCUT2D eigenvalue weighted by atomic mass is 32.2. The summed E-state index contributed by atoms with van der Waals surface area (Å²) >= 11 is 0. The van der Waals surface area contributed by atoms with E-state index in [1.165, 1.54) is 0 Å². The Morgan fingerprint density at radius 2 is 1.62 bits per heavy atom. The molecular formula is C18H22N2O3S. The molecule has 3 N–H and O–H groups in total. The molecule has 0 saturated carbocycles. The van der Waals surface area contributed by atoms with Crippen molar-refractivity contribution < 1.29 is 13.2 Å². The summed E-state index contributed by atoms with van der Waals surface area (Å²) in [6.45, 7) is 0.463. The Kier molecular flexibility index (Phi) is 6.52. The maximum absolute atomic E-state index is 12.3. The lowest BCUT2D eigenvalue weighted by Crippen LogP contribution is -2.14. The van der Waals surface area contributed by atoms with E-state index in [4.69, 9.17) is 5.73 Å². The first-order valence-corrected chi connectivity index (χ1v) is 9.64. The minimum Gasteiger partial charge on any atom is -0.330 e. The maximum atomic E-state index is 12.3. The predicted molar refractivity (Wildman–Crippen MR) is 96.1 cm³/mol. The van der Waals surface area contributed by atoms with Gasteiger partial charge in [0.05, 0.1) is 11.5 Å². The van der Waals surface area contributed by atoms with Crippen LogP contribution < -0.4 is 11.1 Å². The number of carbonyl (C=O) groups is 1. The molecule has 0 fully saturated rings. The summed E-state index contributed by atoms with van der Waals surface area (Å²) in [5, 5.41) is 2.76. The Morgan fingerprint density at radius 3 is 2.33 bits per heavy atom. The molecule has 1 amide bonds. The fourth-order valence-corrected chi connectivity index (χ4v) is 3.85. The van der Waals surface area contributed by atoms with Gasteiger partial charge in [0.2, 0.25) is 5.91 Å². The molecule has 0 atom stereocenters. The number of nitrogens with one attached hydrogen (secondary N) is 1. The molecule has 0 radical (unpaired) electrons. The van der Waals surface area contributed by atoms with Gasteiger partial charge in [-0.05, 0) is 36.2 Å². The van der Waals surface area contributed by atoms with Crippen LogP contribution in [-0.2, 0) is 26.1 Å². The number of sulfone groups is 1. The summed E-state index contributed by atoms with van der Waals surface area (Å²) < 4.78 is 24.7. The van der Waals surface area contributed by atoms with Gasteiger partial charge in [0, 0.05) is 12.1 Å². The van der Waals surface area contributed by atoms with Crippen molar-refractivity contribution in [3.63, 3.8) is 0 Å². The monoisotopic (exact) mass is 346 g/mol. The molecule has 0 saturated heterocycles. The van der Waals surface area contributed by atoms with Crippen molar-refractivity contribution in [2.24, 2.45) is 5.73 Å². The molecule has 5 nitrogen and oxygen atoms in total. The van der Waals surface area contributed by atoms with Crippen LogP contribution in [0.4, 0.5) is 5.69 Å². The molecule has 24 heavy (non-hydrogen) atoms. The Hall–Kier alpha value is -2.18. The van der Waals surface area contributed by atoms with E-state index >= 15 is 0 Å². The van der Waals surface area contributed by atoms with Crippen LogP contribution in [0.5, 0.6) is 0 Å². The fraction of sp³-hybridized carbons (Fsp3) is 0.278. The zero-order chi connectivity index (χ0) is 17.4. The van der Waals surface area contributed by atoms with Crippen molar-refractivity contribution >= 4 is 21.4 Å². The highest BCUT2D eigenvalue weighted by Gasteiger charge is 2.13. The van der Waals surface area contributed by atoms with E-state index < -0.39 is 9.84 Å². The quantitative estimate of drug-likeness (QED) is 0.768. The van der Waals surface area contributed by atoms with E-state index in [2.05, 4.69) is 5.32 Å². The second-order valence-electron chi connectivity index (χ2n) is 5.66. The Labute approximate surface area is 142 Å².